The van der Waals surface area contributed by atoms with E-state index in [9.17, 15) is 0 Å². The van der Waals surface area contributed by atoms with Crippen LogP contribution in [0.2, 0.25) is 0 Å². The molecule has 0 aliphatic heterocycles. The van der Waals surface area contributed by atoms with E-state index in [4.69, 9.17) is 14.2 Å². The van der Waals surface area contributed by atoms with Crippen LogP contribution in [0.15, 0.2) is 53.7 Å². The summed E-state index contributed by atoms with van der Waals surface area (Å²) in [6, 6.07) is 15.7. The summed E-state index contributed by atoms with van der Waals surface area (Å²) in [5, 5.41) is 9.52. The van der Waals surface area contributed by atoms with E-state index in [0.717, 1.165) is 40.3 Å². The van der Waals surface area contributed by atoms with Crippen molar-refractivity contribution >= 4 is 11.8 Å². The van der Waals surface area contributed by atoms with Gasteiger partial charge in [-0.05, 0) is 50.6 Å². The first kappa shape index (κ1) is 21.0. The topological polar surface area (TPSA) is 58.4 Å². The lowest BCUT2D eigenvalue weighted by atomic mass is 10.2. The molecular formula is C22H27N3O3S. The monoisotopic (exact) mass is 413 g/mol. The second-order valence-electron chi connectivity index (χ2n) is 6.32. The number of rotatable bonds is 11. The molecule has 2 aromatic carbocycles. The number of hydrogen-bond donors (Lipinski definition) is 0. The Morgan fingerprint density at radius 1 is 0.931 bits per heavy atom. The van der Waals surface area contributed by atoms with E-state index in [0.29, 0.717) is 25.6 Å². The molecule has 1 aromatic heterocycles. The molecule has 0 unspecified atom stereocenters. The van der Waals surface area contributed by atoms with Crippen molar-refractivity contribution in [3.05, 3.63) is 59.9 Å². The largest absolute Gasteiger partial charge is 0.493 e. The zero-order valence-corrected chi connectivity index (χ0v) is 17.9. The highest BCUT2D eigenvalue weighted by atomic mass is 32.2. The molecule has 0 saturated heterocycles. The van der Waals surface area contributed by atoms with Gasteiger partial charge in [-0.25, -0.2) is 0 Å². The first-order chi connectivity index (χ1) is 14.2. The molecule has 0 spiro atoms. The molecule has 6 nitrogen and oxygen atoms in total. The standard InChI is InChI=1S/C22H27N3O3S/c1-4-25-21(16-28-19-12-11-17(3)15-20(19)26-5-2)23-24-22(25)29-14-13-27-18-9-7-6-8-10-18/h6-12,15H,4-5,13-14,16H2,1-3H3. The molecule has 0 N–H and O–H groups in total. The van der Waals surface area contributed by atoms with Gasteiger partial charge in [0.15, 0.2) is 22.5 Å². The number of aromatic nitrogens is 3. The minimum absolute atomic E-state index is 0.338. The van der Waals surface area contributed by atoms with Crippen LogP contribution in [0.25, 0.3) is 0 Å². The van der Waals surface area contributed by atoms with Gasteiger partial charge >= 0.3 is 0 Å². The van der Waals surface area contributed by atoms with Gasteiger partial charge in [-0.3, -0.25) is 0 Å². The van der Waals surface area contributed by atoms with Gasteiger partial charge in [0.2, 0.25) is 0 Å². The Balaban J connectivity index is 1.56. The molecule has 0 amide bonds. The molecular weight excluding hydrogens is 386 g/mol. The van der Waals surface area contributed by atoms with E-state index in [1.165, 1.54) is 0 Å². The highest BCUT2D eigenvalue weighted by molar-refractivity contribution is 7.99. The van der Waals surface area contributed by atoms with E-state index in [-0.39, 0.29) is 0 Å². The van der Waals surface area contributed by atoms with Crippen LogP contribution in [0.1, 0.15) is 25.2 Å². The normalized spacial score (nSPS) is 10.7. The fraction of sp³-hybridized carbons (Fsp3) is 0.364. The summed E-state index contributed by atoms with van der Waals surface area (Å²) < 4.78 is 19.5. The molecule has 0 saturated carbocycles. The van der Waals surface area contributed by atoms with Crippen molar-refractivity contribution in [2.75, 3.05) is 19.0 Å². The number of aryl methyl sites for hydroxylation is 1. The van der Waals surface area contributed by atoms with Crippen molar-refractivity contribution < 1.29 is 14.2 Å². The predicted molar refractivity (Wildman–Crippen MR) is 115 cm³/mol. The van der Waals surface area contributed by atoms with Crippen molar-refractivity contribution in [3.63, 3.8) is 0 Å². The smallest absolute Gasteiger partial charge is 0.191 e. The molecule has 0 radical (unpaired) electrons. The van der Waals surface area contributed by atoms with Crippen molar-refractivity contribution in [3.8, 4) is 17.2 Å². The van der Waals surface area contributed by atoms with Crippen LogP contribution in [-0.2, 0) is 13.2 Å². The summed E-state index contributed by atoms with van der Waals surface area (Å²) >= 11 is 1.63. The zero-order valence-electron chi connectivity index (χ0n) is 17.1. The molecule has 3 rings (SSSR count). The first-order valence-corrected chi connectivity index (χ1v) is 10.8. The molecule has 154 valence electrons. The fourth-order valence-corrected chi connectivity index (χ4v) is 3.64. The minimum Gasteiger partial charge on any atom is -0.493 e. The Morgan fingerprint density at radius 2 is 1.76 bits per heavy atom. The average molecular weight is 414 g/mol. The van der Waals surface area contributed by atoms with E-state index >= 15 is 0 Å². The number of benzene rings is 2. The predicted octanol–water partition coefficient (Wildman–Crippen LogP) is 4.76. The summed E-state index contributed by atoms with van der Waals surface area (Å²) in [6.07, 6.45) is 0. The third-order valence-corrected chi connectivity index (χ3v) is 5.12. The molecule has 0 aliphatic rings. The third-order valence-electron chi connectivity index (χ3n) is 4.19. The molecule has 29 heavy (non-hydrogen) atoms. The van der Waals surface area contributed by atoms with Gasteiger partial charge in [0.05, 0.1) is 13.2 Å². The van der Waals surface area contributed by atoms with E-state index in [2.05, 4.69) is 21.7 Å². The van der Waals surface area contributed by atoms with E-state index in [1.54, 1.807) is 11.8 Å². The lowest BCUT2D eigenvalue weighted by Gasteiger charge is -2.13. The lowest BCUT2D eigenvalue weighted by Crippen LogP contribution is -2.08. The minimum atomic E-state index is 0.338. The third kappa shape index (κ3) is 5.90. The Hall–Kier alpha value is -2.67. The van der Waals surface area contributed by atoms with Crippen molar-refractivity contribution in [2.45, 2.75) is 39.1 Å². The van der Waals surface area contributed by atoms with Gasteiger partial charge in [-0.15, -0.1) is 10.2 Å². The molecule has 1 heterocycles. The number of nitrogens with zero attached hydrogens (tertiary/aromatic N) is 3. The average Bonchev–Trinajstić information content (AvgIpc) is 3.13. The van der Waals surface area contributed by atoms with Gasteiger partial charge in [-0.1, -0.05) is 36.0 Å². The summed E-state index contributed by atoms with van der Waals surface area (Å²) in [5.74, 6) is 3.93. The van der Waals surface area contributed by atoms with Gasteiger partial charge in [-0.2, -0.15) is 0 Å². The number of ether oxygens (including phenoxy) is 3. The van der Waals surface area contributed by atoms with Gasteiger partial charge < -0.3 is 18.8 Å². The Bertz CT molecular complexity index is 900. The van der Waals surface area contributed by atoms with Crippen LogP contribution in [0.4, 0.5) is 0 Å². The van der Waals surface area contributed by atoms with Crippen LogP contribution in [0.3, 0.4) is 0 Å². The highest BCUT2D eigenvalue weighted by Crippen LogP contribution is 2.29. The van der Waals surface area contributed by atoms with E-state index in [1.807, 2.05) is 62.4 Å². The Kier molecular flexibility index (Phi) is 7.81. The molecule has 7 heteroatoms. The number of thioether (sulfide) groups is 1. The SMILES string of the molecule is CCOc1cc(C)ccc1OCc1nnc(SCCOc2ccccc2)n1CC. The van der Waals surface area contributed by atoms with Crippen molar-refractivity contribution in [1.82, 2.24) is 14.8 Å². The maximum Gasteiger partial charge on any atom is 0.191 e. The lowest BCUT2D eigenvalue weighted by molar-refractivity contribution is 0.258. The maximum atomic E-state index is 5.99. The molecule has 0 atom stereocenters. The summed E-state index contributed by atoms with van der Waals surface area (Å²) in [6.45, 7) is 8.39. The van der Waals surface area contributed by atoms with Gasteiger partial charge in [0.25, 0.3) is 0 Å². The van der Waals surface area contributed by atoms with Gasteiger partial charge in [0.1, 0.15) is 12.4 Å². The van der Waals surface area contributed by atoms with Crippen molar-refractivity contribution in [2.24, 2.45) is 0 Å². The van der Waals surface area contributed by atoms with Crippen molar-refractivity contribution in [1.29, 1.82) is 0 Å². The highest BCUT2D eigenvalue weighted by Gasteiger charge is 2.13. The summed E-state index contributed by atoms with van der Waals surface area (Å²) in [4.78, 5) is 0. The Morgan fingerprint density at radius 3 is 2.52 bits per heavy atom. The fourth-order valence-electron chi connectivity index (χ4n) is 2.80. The first-order valence-electron chi connectivity index (χ1n) is 9.80. The molecule has 0 bridgehead atoms. The van der Waals surface area contributed by atoms with Gasteiger partial charge in [0, 0.05) is 12.3 Å². The molecule has 0 fully saturated rings. The molecule has 0 aliphatic carbocycles. The Labute approximate surface area is 176 Å². The van der Waals surface area contributed by atoms with Crippen LogP contribution in [-0.4, -0.2) is 33.7 Å². The zero-order chi connectivity index (χ0) is 20.5. The summed E-state index contributed by atoms with van der Waals surface area (Å²) in [5.41, 5.74) is 1.13. The van der Waals surface area contributed by atoms with Crippen LogP contribution in [0, 0.1) is 6.92 Å². The number of para-hydroxylation sites is 1. The van der Waals surface area contributed by atoms with Crippen LogP contribution >= 0.6 is 11.8 Å². The molecule has 3 aromatic rings. The second kappa shape index (κ2) is 10.8. The second-order valence-corrected chi connectivity index (χ2v) is 7.39. The summed E-state index contributed by atoms with van der Waals surface area (Å²) in [7, 11) is 0. The number of hydrogen-bond acceptors (Lipinski definition) is 6. The quantitative estimate of drug-likeness (QED) is 0.334. The maximum absolute atomic E-state index is 5.99. The van der Waals surface area contributed by atoms with Crippen LogP contribution < -0.4 is 14.2 Å². The van der Waals surface area contributed by atoms with Crippen LogP contribution in [0.5, 0.6) is 17.2 Å². The van der Waals surface area contributed by atoms with E-state index < -0.39 is 0 Å².